The summed E-state index contributed by atoms with van der Waals surface area (Å²) in [6.07, 6.45) is -0.731. The third-order valence-corrected chi connectivity index (χ3v) is 5.13. The van der Waals surface area contributed by atoms with E-state index < -0.39 is 34.1 Å². The molecule has 0 aliphatic carbocycles. The number of nitrogens with one attached hydrogen (secondary N) is 1. The first-order chi connectivity index (χ1) is 11.2. The molecule has 9 heteroatoms. The third kappa shape index (κ3) is 4.46. The van der Waals surface area contributed by atoms with Gasteiger partial charge in [0.05, 0.1) is 11.5 Å². The predicted octanol–water partition coefficient (Wildman–Crippen LogP) is 1.50. The lowest BCUT2D eigenvalue weighted by molar-refractivity contribution is -0.162. The summed E-state index contributed by atoms with van der Waals surface area (Å²) >= 11 is 5.81. The van der Waals surface area contributed by atoms with Gasteiger partial charge in [-0.05, 0) is 24.1 Å². The van der Waals surface area contributed by atoms with E-state index >= 15 is 0 Å². The fourth-order valence-electron chi connectivity index (χ4n) is 2.12. The Hall–Kier alpha value is -1.64. The van der Waals surface area contributed by atoms with Crippen LogP contribution in [0.1, 0.15) is 20.3 Å². The molecule has 0 aromatic heterocycles. The summed E-state index contributed by atoms with van der Waals surface area (Å²) in [5, 5.41) is 0.259. The third-order valence-electron chi connectivity index (χ3n) is 3.45. The Morgan fingerprint density at radius 1 is 1.42 bits per heavy atom. The number of rotatable bonds is 6. The number of ether oxygens (including phenoxy) is 2. The molecule has 1 heterocycles. The second kappa shape index (κ2) is 7.50. The summed E-state index contributed by atoms with van der Waals surface area (Å²) in [6, 6.07) is 4.54. The molecule has 0 unspecified atom stereocenters. The second-order valence-corrected chi connectivity index (χ2v) is 7.83. The van der Waals surface area contributed by atoms with Crippen LogP contribution < -0.4 is 4.72 Å². The van der Waals surface area contributed by atoms with Crippen molar-refractivity contribution in [3.63, 3.8) is 0 Å². The highest BCUT2D eigenvalue weighted by atomic mass is 35.5. The minimum atomic E-state index is -3.97. The SMILES string of the molecule is CC(C)[C@H](NS(=O)(=O)c1cccc(Cl)c1)C(=O)O[C@H]1CCOC1=O. The first-order valence-corrected chi connectivity index (χ1v) is 9.22. The van der Waals surface area contributed by atoms with Gasteiger partial charge in [0, 0.05) is 11.4 Å². The molecule has 0 bridgehead atoms. The molecule has 0 saturated carbocycles. The molecule has 2 rings (SSSR count). The normalized spacial score (nSPS) is 19.2. The largest absolute Gasteiger partial charge is 0.463 e. The van der Waals surface area contributed by atoms with Crippen molar-refractivity contribution in [2.45, 2.75) is 37.3 Å². The fourth-order valence-corrected chi connectivity index (χ4v) is 3.76. The topological polar surface area (TPSA) is 98.8 Å². The zero-order valence-electron chi connectivity index (χ0n) is 13.2. The maximum Gasteiger partial charge on any atom is 0.347 e. The maximum absolute atomic E-state index is 12.4. The molecule has 0 spiro atoms. The highest BCUT2D eigenvalue weighted by Gasteiger charge is 2.35. The van der Waals surface area contributed by atoms with Crippen LogP contribution in [0.25, 0.3) is 0 Å². The Bertz CT molecular complexity index is 733. The number of hydrogen-bond acceptors (Lipinski definition) is 6. The lowest BCUT2D eigenvalue weighted by Crippen LogP contribution is -2.46. The van der Waals surface area contributed by atoms with Crippen molar-refractivity contribution in [1.82, 2.24) is 4.72 Å². The van der Waals surface area contributed by atoms with Crippen molar-refractivity contribution in [2.75, 3.05) is 6.61 Å². The van der Waals surface area contributed by atoms with Crippen LogP contribution in [0.4, 0.5) is 0 Å². The number of hydrogen-bond donors (Lipinski definition) is 1. The van der Waals surface area contributed by atoms with E-state index in [9.17, 15) is 18.0 Å². The summed E-state index contributed by atoms with van der Waals surface area (Å²) in [7, 11) is -3.97. The van der Waals surface area contributed by atoms with Gasteiger partial charge in [-0.15, -0.1) is 0 Å². The molecular weight excluding hydrogens is 358 g/mol. The average molecular weight is 376 g/mol. The summed E-state index contributed by atoms with van der Waals surface area (Å²) < 4.78 is 37.0. The fraction of sp³-hybridized carbons (Fsp3) is 0.467. The van der Waals surface area contributed by atoms with E-state index in [0.29, 0.717) is 0 Å². The highest BCUT2D eigenvalue weighted by Crippen LogP contribution is 2.18. The van der Waals surface area contributed by atoms with Gasteiger partial charge in [-0.25, -0.2) is 13.2 Å². The molecule has 0 radical (unpaired) electrons. The quantitative estimate of drug-likeness (QED) is 0.756. The van der Waals surface area contributed by atoms with Crippen LogP contribution >= 0.6 is 11.6 Å². The van der Waals surface area contributed by atoms with E-state index in [1.165, 1.54) is 18.2 Å². The molecule has 2 atom stereocenters. The molecule has 1 saturated heterocycles. The Morgan fingerprint density at radius 2 is 2.12 bits per heavy atom. The Balaban J connectivity index is 2.15. The van der Waals surface area contributed by atoms with Gasteiger partial charge in [-0.1, -0.05) is 31.5 Å². The number of halogens is 1. The number of carbonyl (C=O) groups is 2. The number of cyclic esters (lactones) is 1. The monoisotopic (exact) mass is 375 g/mol. The second-order valence-electron chi connectivity index (χ2n) is 5.68. The van der Waals surface area contributed by atoms with Crippen molar-refractivity contribution >= 4 is 33.6 Å². The minimum absolute atomic E-state index is 0.0614. The molecule has 1 N–H and O–H groups in total. The molecule has 1 fully saturated rings. The van der Waals surface area contributed by atoms with Crippen LogP contribution in [-0.2, 0) is 29.1 Å². The molecule has 1 aliphatic heterocycles. The van der Waals surface area contributed by atoms with E-state index in [1.807, 2.05) is 0 Å². The summed E-state index contributed by atoms with van der Waals surface area (Å²) in [5.41, 5.74) is 0. The van der Waals surface area contributed by atoms with Crippen molar-refractivity contribution in [1.29, 1.82) is 0 Å². The van der Waals surface area contributed by atoms with Gasteiger partial charge in [0.2, 0.25) is 16.1 Å². The van der Waals surface area contributed by atoms with E-state index in [1.54, 1.807) is 19.9 Å². The molecule has 0 amide bonds. The van der Waals surface area contributed by atoms with Gasteiger partial charge in [0.1, 0.15) is 6.04 Å². The van der Waals surface area contributed by atoms with E-state index in [2.05, 4.69) is 4.72 Å². The molecular formula is C15H18ClNO6S. The maximum atomic E-state index is 12.4. The van der Waals surface area contributed by atoms with E-state index in [4.69, 9.17) is 21.1 Å². The van der Waals surface area contributed by atoms with E-state index in [0.717, 1.165) is 0 Å². The van der Waals surface area contributed by atoms with Crippen molar-refractivity contribution in [3.8, 4) is 0 Å². The zero-order chi connectivity index (χ0) is 17.9. The molecule has 24 heavy (non-hydrogen) atoms. The Kier molecular flexibility index (Phi) is 5.84. The zero-order valence-corrected chi connectivity index (χ0v) is 14.8. The van der Waals surface area contributed by atoms with Crippen molar-refractivity contribution in [3.05, 3.63) is 29.3 Å². The van der Waals surface area contributed by atoms with Crippen molar-refractivity contribution in [2.24, 2.45) is 5.92 Å². The lowest BCUT2D eigenvalue weighted by atomic mass is 10.1. The molecule has 1 aliphatic rings. The average Bonchev–Trinajstić information content (AvgIpc) is 2.89. The summed E-state index contributed by atoms with van der Waals surface area (Å²) in [6.45, 7) is 3.51. The summed E-state index contributed by atoms with van der Waals surface area (Å²) in [5.74, 6) is -1.83. The minimum Gasteiger partial charge on any atom is -0.463 e. The molecule has 1 aromatic rings. The van der Waals surface area contributed by atoms with Gasteiger partial charge < -0.3 is 9.47 Å². The lowest BCUT2D eigenvalue weighted by Gasteiger charge is -2.22. The van der Waals surface area contributed by atoms with Crippen LogP contribution in [0, 0.1) is 5.92 Å². The Labute approximate surface area is 145 Å². The van der Waals surface area contributed by atoms with Crippen LogP contribution in [0.15, 0.2) is 29.2 Å². The van der Waals surface area contributed by atoms with Gasteiger partial charge in [0.15, 0.2) is 0 Å². The van der Waals surface area contributed by atoms with Gasteiger partial charge in [-0.3, -0.25) is 4.79 Å². The number of benzene rings is 1. The summed E-state index contributed by atoms with van der Waals surface area (Å²) in [4.78, 5) is 23.6. The van der Waals surface area contributed by atoms with Crippen molar-refractivity contribution < 1.29 is 27.5 Å². The molecule has 7 nitrogen and oxygen atoms in total. The van der Waals surface area contributed by atoms with Crippen LogP contribution in [0.2, 0.25) is 5.02 Å². The van der Waals surface area contributed by atoms with Gasteiger partial charge in [0.25, 0.3) is 0 Å². The first-order valence-electron chi connectivity index (χ1n) is 7.36. The van der Waals surface area contributed by atoms with Gasteiger partial charge >= 0.3 is 11.9 Å². The molecule has 1 aromatic carbocycles. The van der Waals surface area contributed by atoms with Crippen LogP contribution in [0.3, 0.4) is 0 Å². The number of carbonyl (C=O) groups excluding carboxylic acids is 2. The standard InChI is InChI=1S/C15H18ClNO6S/c1-9(2)13(15(19)23-12-6-7-22-14(12)18)17-24(20,21)11-5-3-4-10(16)8-11/h3-5,8-9,12-13,17H,6-7H2,1-2H3/t12-,13-/m0/s1. The molecule has 132 valence electrons. The highest BCUT2D eigenvalue weighted by molar-refractivity contribution is 7.89. The Morgan fingerprint density at radius 3 is 2.67 bits per heavy atom. The first kappa shape index (κ1) is 18.7. The van der Waals surface area contributed by atoms with Crippen LogP contribution in [0.5, 0.6) is 0 Å². The van der Waals surface area contributed by atoms with E-state index in [-0.39, 0.29) is 28.9 Å². The van der Waals surface area contributed by atoms with Crippen LogP contribution in [-0.4, -0.2) is 39.1 Å². The van der Waals surface area contributed by atoms with Gasteiger partial charge in [-0.2, -0.15) is 4.72 Å². The number of sulfonamides is 1. The predicted molar refractivity (Wildman–Crippen MR) is 85.9 cm³/mol. The smallest absolute Gasteiger partial charge is 0.347 e. The number of esters is 2.